The number of anilines is 1. The van der Waals surface area contributed by atoms with Crippen molar-refractivity contribution in [3.8, 4) is 17.2 Å². The van der Waals surface area contributed by atoms with E-state index in [9.17, 15) is 13.2 Å². The van der Waals surface area contributed by atoms with Crippen molar-refractivity contribution in [1.29, 1.82) is 0 Å². The number of amides is 1. The van der Waals surface area contributed by atoms with Crippen molar-refractivity contribution >= 4 is 21.6 Å². The van der Waals surface area contributed by atoms with Gasteiger partial charge in [0, 0.05) is 19.5 Å². The van der Waals surface area contributed by atoms with Gasteiger partial charge in [-0.2, -0.15) is 4.31 Å². The number of carbonyl (C=O) groups is 1. The van der Waals surface area contributed by atoms with Gasteiger partial charge in [0.05, 0.1) is 38.0 Å². The number of methoxy groups -OCH3 is 3. The quantitative estimate of drug-likeness (QED) is 0.466. The highest BCUT2D eigenvalue weighted by atomic mass is 32.2. The van der Waals surface area contributed by atoms with Crippen molar-refractivity contribution in [2.75, 3.05) is 33.7 Å². The monoisotopic (exact) mass is 484 g/mol. The second kappa shape index (κ2) is 11.0. The van der Waals surface area contributed by atoms with Crippen molar-refractivity contribution in [3.63, 3.8) is 0 Å². The standard InChI is InChI=1S/C25H28N2O6S/c1-27(34(29,30)21-8-6-5-7-9-21)23(18-10-12-19(31-2)13-11-18)17-25(28)26-22-15-14-20(32-3)16-24(22)33-4/h5-16,23H,17H2,1-4H3,(H,26,28)/t23-/m0/s1. The van der Waals surface area contributed by atoms with Crippen molar-refractivity contribution < 1.29 is 27.4 Å². The molecule has 1 amide bonds. The zero-order valence-electron chi connectivity index (χ0n) is 19.5. The summed E-state index contributed by atoms with van der Waals surface area (Å²) in [6.45, 7) is 0. The Labute approximate surface area is 200 Å². The van der Waals surface area contributed by atoms with E-state index in [4.69, 9.17) is 14.2 Å². The third-order valence-electron chi connectivity index (χ3n) is 5.42. The average molecular weight is 485 g/mol. The zero-order chi connectivity index (χ0) is 24.7. The van der Waals surface area contributed by atoms with Crippen molar-refractivity contribution in [2.45, 2.75) is 17.4 Å². The highest BCUT2D eigenvalue weighted by Gasteiger charge is 2.31. The molecule has 0 spiro atoms. The van der Waals surface area contributed by atoms with Gasteiger partial charge in [-0.3, -0.25) is 4.79 Å². The number of nitrogens with zero attached hydrogens (tertiary/aromatic N) is 1. The molecule has 9 heteroatoms. The molecule has 3 rings (SSSR count). The van der Waals surface area contributed by atoms with E-state index in [0.717, 1.165) is 0 Å². The van der Waals surface area contributed by atoms with E-state index < -0.39 is 16.1 Å². The molecule has 8 nitrogen and oxygen atoms in total. The molecule has 3 aromatic carbocycles. The van der Waals surface area contributed by atoms with Crippen LogP contribution in [-0.4, -0.2) is 47.0 Å². The summed E-state index contributed by atoms with van der Waals surface area (Å²) in [7, 11) is 2.19. The van der Waals surface area contributed by atoms with Crippen LogP contribution < -0.4 is 19.5 Å². The fourth-order valence-electron chi connectivity index (χ4n) is 3.49. The number of benzene rings is 3. The molecule has 1 atom stereocenters. The third-order valence-corrected chi connectivity index (χ3v) is 7.30. The zero-order valence-corrected chi connectivity index (χ0v) is 20.3. The number of nitrogens with one attached hydrogen (secondary N) is 1. The number of hydrogen-bond donors (Lipinski definition) is 1. The van der Waals surface area contributed by atoms with Gasteiger partial charge < -0.3 is 19.5 Å². The Balaban J connectivity index is 1.92. The van der Waals surface area contributed by atoms with Crippen LogP contribution in [0.2, 0.25) is 0 Å². The second-order valence-electron chi connectivity index (χ2n) is 7.44. The number of sulfonamides is 1. The molecule has 0 unspecified atom stereocenters. The average Bonchev–Trinajstić information content (AvgIpc) is 2.87. The summed E-state index contributed by atoms with van der Waals surface area (Å²) in [5.41, 5.74) is 1.11. The summed E-state index contributed by atoms with van der Waals surface area (Å²) in [6, 6.07) is 19.3. The van der Waals surface area contributed by atoms with E-state index in [1.807, 2.05) is 0 Å². The summed E-state index contributed by atoms with van der Waals surface area (Å²) < 4.78 is 43.6. The number of ether oxygens (including phenoxy) is 3. The van der Waals surface area contributed by atoms with Gasteiger partial charge in [0.2, 0.25) is 15.9 Å². The molecule has 0 aromatic heterocycles. The van der Waals surface area contributed by atoms with Crippen LogP contribution in [0, 0.1) is 0 Å². The van der Waals surface area contributed by atoms with Crippen molar-refractivity contribution in [2.24, 2.45) is 0 Å². The number of rotatable bonds is 10. The molecule has 0 fully saturated rings. The Hall–Kier alpha value is -3.56. The molecule has 0 aliphatic carbocycles. The molecule has 0 heterocycles. The Kier molecular flexibility index (Phi) is 8.14. The van der Waals surface area contributed by atoms with Crippen LogP contribution in [0.25, 0.3) is 0 Å². The first-order valence-corrected chi connectivity index (χ1v) is 11.9. The van der Waals surface area contributed by atoms with Crippen LogP contribution in [0.3, 0.4) is 0 Å². The molecule has 1 N–H and O–H groups in total. The van der Waals surface area contributed by atoms with Gasteiger partial charge in [-0.05, 0) is 42.0 Å². The van der Waals surface area contributed by atoms with Gasteiger partial charge in [-0.15, -0.1) is 0 Å². The maximum absolute atomic E-state index is 13.3. The molecule has 0 aliphatic heterocycles. The summed E-state index contributed by atoms with van der Waals surface area (Å²) in [5, 5.41) is 2.82. The molecule has 3 aromatic rings. The van der Waals surface area contributed by atoms with E-state index in [2.05, 4.69) is 5.32 Å². The van der Waals surface area contributed by atoms with E-state index in [0.29, 0.717) is 28.5 Å². The number of hydrogen-bond acceptors (Lipinski definition) is 6. The smallest absolute Gasteiger partial charge is 0.243 e. The van der Waals surface area contributed by atoms with E-state index in [1.54, 1.807) is 67.8 Å². The van der Waals surface area contributed by atoms with E-state index in [1.165, 1.54) is 37.7 Å². The molecule has 180 valence electrons. The van der Waals surface area contributed by atoms with Crippen LogP contribution in [-0.2, 0) is 14.8 Å². The van der Waals surface area contributed by atoms with E-state index >= 15 is 0 Å². The predicted octanol–water partition coefficient (Wildman–Crippen LogP) is 4.10. The first-order valence-electron chi connectivity index (χ1n) is 10.5. The Bertz CT molecular complexity index is 1210. The van der Waals surface area contributed by atoms with Gasteiger partial charge in [-0.25, -0.2) is 8.42 Å². The van der Waals surface area contributed by atoms with Gasteiger partial charge in [0.15, 0.2) is 0 Å². The lowest BCUT2D eigenvalue weighted by atomic mass is 10.0. The van der Waals surface area contributed by atoms with Gasteiger partial charge in [0.25, 0.3) is 0 Å². The molecular weight excluding hydrogens is 456 g/mol. The fraction of sp³-hybridized carbons (Fsp3) is 0.240. The molecule has 0 aliphatic rings. The maximum Gasteiger partial charge on any atom is 0.243 e. The lowest BCUT2D eigenvalue weighted by molar-refractivity contribution is -0.117. The normalized spacial score (nSPS) is 12.1. The Morgan fingerprint density at radius 1 is 0.882 bits per heavy atom. The summed E-state index contributed by atoms with van der Waals surface area (Å²) in [6.07, 6.45) is -0.121. The maximum atomic E-state index is 13.3. The van der Waals surface area contributed by atoms with E-state index in [-0.39, 0.29) is 17.2 Å². The molecule has 0 bridgehead atoms. The largest absolute Gasteiger partial charge is 0.497 e. The molecule has 0 radical (unpaired) electrons. The molecular formula is C25H28N2O6S. The lowest BCUT2D eigenvalue weighted by Gasteiger charge is -2.28. The fourth-order valence-corrected chi connectivity index (χ4v) is 4.85. The summed E-state index contributed by atoms with van der Waals surface area (Å²) in [5.74, 6) is 1.27. The lowest BCUT2D eigenvalue weighted by Crippen LogP contribution is -2.33. The predicted molar refractivity (Wildman–Crippen MR) is 130 cm³/mol. The minimum atomic E-state index is -3.86. The first kappa shape index (κ1) is 25.1. The minimum absolute atomic E-state index is 0.121. The molecule has 0 saturated heterocycles. The number of carbonyl (C=O) groups excluding carboxylic acids is 1. The molecule has 34 heavy (non-hydrogen) atoms. The first-order chi connectivity index (χ1) is 16.3. The molecule has 0 saturated carbocycles. The van der Waals surface area contributed by atoms with Gasteiger partial charge in [0.1, 0.15) is 17.2 Å². The highest BCUT2D eigenvalue weighted by Crippen LogP contribution is 2.32. The Morgan fingerprint density at radius 3 is 2.09 bits per heavy atom. The topological polar surface area (TPSA) is 94.2 Å². The van der Waals surface area contributed by atoms with Gasteiger partial charge in [-0.1, -0.05) is 30.3 Å². The van der Waals surface area contributed by atoms with Crippen LogP contribution in [0.1, 0.15) is 18.0 Å². The van der Waals surface area contributed by atoms with Crippen LogP contribution in [0.15, 0.2) is 77.7 Å². The van der Waals surface area contributed by atoms with Crippen LogP contribution in [0.4, 0.5) is 5.69 Å². The van der Waals surface area contributed by atoms with Gasteiger partial charge >= 0.3 is 0 Å². The summed E-state index contributed by atoms with van der Waals surface area (Å²) in [4.78, 5) is 13.2. The Morgan fingerprint density at radius 2 is 1.50 bits per heavy atom. The van der Waals surface area contributed by atoms with Crippen molar-refractivity contribution in [3.05, 3.63) is 78.4 Å². The second-order valence-corrected chi connectivity index (χ2v) is 9.44. The SMILES string of the molecule is COc1ccc([C@H](CC(=O)Nc2ccc(OC)cc2OC)N(C)S(=O)(=O)c2ccccc2)cc1. The third kappa shape index (κ3) is 5.67. The minimum Gasteiger partial charge on any atom is -0.497 e. The van der Waals surface area contributed by atoms with Crippen LogP contribution in [0.5, 0.6) is 17.2 Å². The van der Waals surface area contributed by atoms with Crippen LogP contribution >= 0.6 is 0 Å². The highest BCUT2D eigenvalue weighted by molar-refractivity contribution is 7.89. The van der Waals surface area contributed by atoms with Crippen molar-refractivity contribution in [1.82, 2.24) is 4.31 Å². The summed E-state index contributed by atoms with van der Waals surface area (Å²) >= 11 is 0.